The molecule has 0 radical (unpaired) electrons. The fourth-order valence-electron chi connectivity index (χ4n) is 15.8. The Morgan fingerprint density at radius 3 is 0.473 bits per heavy atom. The van der Waals surface area contributed by atoms with Crippen molar-refractivity contribution in [2.45, 2.75) is 541 Å². The van der Waals surface area contributed by atoms with Crippen LogP contribution in [0.4, 0.5) is 0 Å². The van der Waals surface area contributed by atoms with Gasteiger partial charge >= 0.3 is 0 Å². The molecule has 0 fully saturated rings. The summed E-state index contributed by atoms with van der Waals surface area (Å²) in [6, 6.07) is 0. The number of hydrogen-bond donors (Lipinski definition) is 0. The molecule has 0 bridgehead atoms. The number of unbranched alkanes of at least 4 members (excludes halogenated alkanes) is 19. The van der Waals surface area contributed by atoms with Gasteiger partial charge < -0.3 is 0 Å². The van der Waals surface area contributed by atoms with E-state index in [1.165, 1.54) is 297 Å². The van der Waals surface area contributed by atoms with Gasteiger partial charge in [-0.25, -0.2) is 32.8 Å². The molecule has 0 aliphatic carbocycles. The van der Waals surface area contributed by atoms with Crippen molar-refractivity contribution in [2.75, 3.05) is 0 Å². The summed E-state index contributed by atoms with van der Waals surface area (Å²) in [6.45, 7) is 70.8. The molecule has 0 aliphatic rings. The van der Waals surface area contributed by atoms with Gasteiger partial charge in [0, 0.05) is 45.8 Å². The summed E-state index contributed by atoms with van der Waals surface area (Å²) in [6.07, 6.45) is 74.2. The highest BCUT2D eigenvalue weighted by Crippen LogP contribution is 2.22. The van der Waals surface area contributed by atoms with Crippen molar-refractivity contribution >= 4 is 0 Å². The lowest BCUT2D eigenvalue weighted by molar-refractivity contribution is 0.453. The lowest BCUT2D eigenvalue weighted by atomic mass is 10.0. The Labute approximate surface area is 807 Å². The average Bonchev–Trinajstić information content (AvgIpc) is 1.57. The van der Waals surface area contributed by atoms with Crippen LogP contribution in [0.1, 0.15) is 491 Å². The number of aromatic nitrogens is 21. The van der Waals surface area contributed by atoms with Gasteiger partial charge in [-0.15, -0.1) is 35.7 Å². The molecule has 0 aliphatic heterocycles. The molecule has 0 amide bonds. The fraction of sp³-hybridized carbons (Fsp3) is 0.873. The maximum Gasteiger partial charge on any atom is 0.0725 e. The SMILES string of the molecule is CC(C)CCCCCCCc1cnnn1CCC(C)C.CC(C)CCCCCCCc1cnnn1CCC(C)C.CC(C)CCCCCCc1cnnn1CCCC(C)C.CC(C)CCCCCCc1cnnn1CCCC(C)C.CC(C)CCCCCc1cnnn1CC(C)C.CC(C)CCCCCc1cnnn1CC(C)C.CC(C)CCCCc1cnnn1CCC(C)C. The van der Waals surface area contributed by atoms with Gasteiger partial charge in [0.05, 0.1) is 83.2 Å². The second kappa shape index (κ2) is 80.1. The van der Waals surface area contributed by atoms with Crippen LogP contribution in [0.2, 0.25) is 0 Å². The molecule has 7 rings (SSSR count). The molecule has 758 valence electrons. The Morgan fingerprint density at radius 1 is 0.145 bits per heavy atom. The van der Waals surface area contributed by atoms with Crippen molar-refractivity contribution in [3.05, 3.63) is 83.2 Å². The molecule has 131 heavy (non-hydrogen) atoms. The summed E-state index contributed by atoms with van der Waals surface area (Å²) in [5.41, 5.74) is 9.15. The van der Waals surface area contributed by atoms with Crippen LogP contribution in [0.25, 0.3) is 0 Å². The first-order valence-corrected chi connectivity index (χ1v) is 54.8. The van der Waals surface area contributed by atoms with Crippen LogP contribution < -0.4 is 0 Å². The van der Waals surface area contributed by atoms with Crippen molar-refractivity contribution < 1.29 is 0 Å². The third kappa shape index (κ3) is 72.1. The van der Waals surface area contributed by atoms with Crippen molar-refractivity contribution in [1.29, 1.82) is 0 Å². The first-order chi connectivity index (χ1) is 62.6. The Morgan fingerprint density at radius 2 is 0.282 bits per heavy atom. The highest BCUT2D eigenvalue weighted by molar-refractivity contribution is 4.99. The normalized spacial score (nSPS) is 11.7. The first kappa shape index (κ1) is 123. The summed E-state index contributed by atoms with van der Waals surface area (Å²) in [5.74, 6) is 10.9. The van der Waals surface area contributed by atoms with Crippen molar-refractivity contribution in [2.24, 2.45) is 82.9 Å². The molecule has 0 N–H and O–H groups in total. The van der Waals surface area contributed by atoms with Gasteiger partial charge in [0.25, 0.3) is 0 Å². The van der Waals surface area contributed by atoms with E-state index in [0.29, 0.717) is 11.8 Å². The molecule has 7 aromatic rings. The number of aryl methyl sites for hydroxylation is 12. The molecule has 0 saturated carbocycles. The topological polar surface area (TPSA) is 215 Å². The van der Waals surface area contributed by atoms with Gasteiger partial charge in [-0.05, 0) is 218 Å². The molecule has 0 spiro atoms. The maximum atomic E-state index is 4.22. The maximum absolute atomic E-state index is 4.22. The Hall–Kier alpha value is -6.02. The molecular weight excluding hydrogens is 1620 g/mol. The summed E-state index contributed by atoms with van der Waals surface area (Å²) in [5, 5.41) is 57.6. The monoisotopic (exact) mass is 1830 g/mol. The van der Waals surface area contributed by atoms with E-state index in [2.05, 4.69) is 299 Å². The van der Waals surface area contributed by atoms with Crippen LogP contribution in [0.5, 0.6) is 0 Å². The summed E-state index contributed by atoms with van der Waals surface area (Å²) in [7, 11) is 0. The third-order valence-corrected chi connectivity index (χ3v) is 24.3. The lowest BCUT2D eigenvalue weighted by Crippen LogP contribution is -2.09. The molecule has 21 nitrogen and oxygen atoms in total. The van der Waals surface area contributed by atoms with Crippen LogP contribution in [-0.4, -0.2) is 105 Å². The minimum atomic E-state index is 0.636. The zero-order chi connectivity index (χ0) is 97.2. The predicted octanol–water partition coefficient (Wildman–Crippen LogP) is 30.5. The van der Waals surface area contributed by atoms with Crippen molar-refractivity contribution in [3.63, 3.8) is 0 Å². The van der Waals surface area contributed by atoms with E-state index >= 15 is 0 Å². The van der Waals surface area contributed by atoms with Gasteiger partial charge in [-0.1, -0.05) is 397 Å². The van der Waals surface area contributed by atoms with Crippen molar-refractivity contribution in [1.82, 2.24) is 105 Å². The van der Waals surface area contributed by atoms with Crippen LogP contribution >= 0.6 is 0 Å². The van der Waals surface area contributed by atoms with Gasteiger partial charge in [-0.2, -0.15) is 0 Å². The number of hydrogen-bond acceptors (Lipinski definition) is 14. The smallest absolute Gasteiger partial charge is 0.0725 e. The molecule has 7 heterocycles. The number of nitrogens with zero attached hydrogens (tertiary/aromatic N) is 21. The first-order valence-electron chi connectivity index (χ1n) is 54.8. The molecule has 0 saturated heterocycles. The van der Waals surface area contributed by atoms with Crippen LogP contribution in [0.3, 0.4) is 0 Å². The van der Waals surface area contributed by atoms with E-state index in [9.17, 15) is 0 Å². The quantitative estimate of drug-likeness (QED) is 0.0324. The highest BCUT2D eigenvalue weighted by atomic mass is 15.5. The molecule has 0 unspecified atom stereocenters. The van der Waals surface area contributed by atoms with Crippen LogP contribution in [0, 0.1) is 82.9 Å². The minimum Gasteiger partial charge on any atom is -0.249 e. The minimum absolute atomic E-state index is 0.636. The molecular formula is C110H213N21. The standard InChI is InChI=1S/4C17H33N3.3C14H27N3/c2*1-15(2)10-7-5-6-8-12-17-14-18-19-20(17)13-9-11-16(3)4;2*1-15(2)10-8-6-5-7-9-11-17-14-18-19-20(17)13-12-16(3)4;1-12(2)7-5-6-8-14-11-15-16-17(14)10-9-13(3)4;2*1-12(2)8-6-5-7-9-14-10-15-16-17(14)11-13(3)4/h4*14-16H,5-13H2,1-4H3;11-13H,5-10H2,1-4H3;2*10,12-13H,5-9,11H2,1-4H3. The fourth-order valence-corrected chi connectivity index (χ4v) is 15.8. The van der Waals surface area contributed by atoms with Crippen LogP contribution in [-0.2, 0) is 90.8 Å². The molecule has 0 aromatic carbocycles. The van der Waals surface area contributed by atoms with E-state index in [1.54, 1.807) is 0 Å². The Bertz CT molecular complexity index is 3360. The summed E-state index contributed by atoms with van der Waals surface area (Å²) < 4.78 is 14.6. The van der Waals surface area contributed by atoms with E-state index in [0.717, 1.165) is 162 Å². The van der Waals surface area contributed by atoms with Gasteiger partial charge in [0.15, 0.2) is 0 Å². The van der Waals surface area contributed by atoms with Gasteiger partial charge in [0.1, 0.15) is 0 Å². The second-order valence-electron chi connectivity index (χ2n) is 44.7. The van der Waals surface area contributed by atoms with Crippen LogP contribution in [0.15, 0.2) is 43.4 Å². The zero-order valence-corrected chi connectivity index (χ0v) is 91.2. The van der Waals surface area contributed by atoms with Crippen molar-refractivity contribution in [3.8, 4) is 0 Å². The second-order valence-corrected chi connectivity index (χ2v) is 44.7. The van der Waals surface area contributed by atoms with E-state index < -0.39 is 0 Å². The summed E-state index contributed by atoms with van der Waals surface area (Å²) >= 11 is 0. The molecule has 7 aromatic heterocycles. The molecule has 21 heteroatoms. The Kier molecular flexibility index (Phi) is 75.2. The largest absolute Gasteiger partial charge is 0.249 e. The van der Waals surface area contributed by atoms with Gasteiger partial charge in [-0.3, -0.25) is 0 Å². The van der Waals surface area contributed by atoms with E-state index in [-0.39, 0.29) is 0 Å². The lowest BCUT2D eigenvalue weighted by Gasteiger charge is -2.08. The van der Waals surface area contributed by atoms with Gasteiger partial charge in [0.2, 0.25) is 0 Å². The molecule has 0 atom stereocenters. The zero-order valence-electron chi connectivity index (χ0n) is 91.2. The third-order valence-electron chi connectivity index (χ3n) is 24.3. The predicted molar refractivity (Wildman–Crippen MR) is 558 cm³/mol. The number of rotatable bonds is 68. The highest BCUT2D eigenvalue weighted by Gasteiger charge is 2.14. The average molecular weight is 1830 g/mol. The van der Waals surface area contributed by atoms with E-state index in [1.807, 2.05) is 43.4 Å². The summed E-state index contributed by atoms with van der Waals surface area (Å²) in [4.78, 5) is 0. The van der Waals surface area contributed by atoms with E-state index in [4.69, 9.17) is 0 Å². The Balaban J connectivity index is 0.000000765.